The standard InChI is InChI=1S/C38H33BO2/c1-37(2)38(3,4)41-39(40-37)32-22-20-26(21-23-32)28-16-17-30-25-31(19-18-29(30)24-28)34-13-7-8-14-35(34)36-15-9-11-27-10-5-6-12-33(27)36/h5-25H,1-4H3. The van der Waals surface area contributed by atoms with Gasteiger partial charge in [-0.15, -0.1) is 0 Å². The van der Waals surface area contributed by atoms with Gasteiger partial charge >= 0.3 is 7.12 Å². The van der Waals surface area contributed by atoms with Gasteiger partial charge in [0.05, 0.1) is 11.2 Å². The van der Waals surface area contributed by atoms with Crippen LogP contribution in [-0.2, 0) is 9.31 Å². The zero-order valence-electron chi connectivity index (χ0n) is 24.0. The number of hydrogen-bond acceptors (Lipinski definition) is 2. The summed E-state index contributed by atoms with van der Waals surface area (Å²) < 4.78 is 12.5. The first kappa shape index (κ1) is 25.8. The molecule has 0 aromatic heterocycles. The second-order valence-corrected chi connectivity index (χ2v) is 12.1. The molecule has 0 N–H and O–H groups in total. The van der Waals surface area contributed by atoms with E-state index < -0.39 is 0 Å². The minimum absolute atomic E-state index is 0.344. The molecule has 1 saturated heterocycles. The van der Waals surface area contributed by atoms with Crippen LogP contribution in [0.25, 0.3) is 54.9 Å². The van der Waals surface area contributed by atoms with Crippen molar-refractivity contribution in [2.45, 2.75) is 38.9 Å². The maximum atomic E-state index is 6.24. The van der Waals surface area contributed by atoms with Crippen LogP contribution in [0.1, 0.15) is 27.7 Å². The molecule has 0 atom stereocenters. The predicted molar refractivity (Wildman–Crippen MR) is 173 cm³/mol. The minimum atomic E-state index is -0.346. The molecular weight excluding hydrogens is 499 g/mol. The summed E-state index contributed by atoms with van der Waals surface area (Å²) in [5.74, 6) is 0. The van der Waals surface area contributed by atoms with Crippen molar-refractivity contribution in [3.63, 3.8) is 0 Å². The van der Waals surface area contributed by atoms with Gasteiger partial charge in [0, 0.05) is 0 Å². The van der Waals surface area contributed by atoms with E-state index in [1.165, 1.54) is 54.9 Å². The molecule has 0 radical (unpaired) electrons. The molecule has 2 nitrogen and oxygen atoms in total. The van der Waals surface area contributed by atoms with Gasteiger partial charge in [0.1, 0.15) is 0 Å². The zero-order chi connectivity index (χ0) is 28.2. The van der Waals surface area contributed by atoms with Gasteiger partial charge in [0.2, 0.25) is 0 Å². The molecule has 0 bridgehead atoms. The predicted octanol–water partition coefficient (Wildman–Crippen LogP) is 9.29. The first-order valence-corrected chi connectivity index (χ1v) is 14.4. The molecule has 3 heteroatoms. The third-order valence-electron chi connectivity index (χ3n) is 8.93. The first-order valence-electron chi connectivity index (χ1n) is 14.4. The van der Waals surface area contributed by atoms with Crippen molar-refractivity contribution in [3.05, 3.63) is 127 Å². The van der Waals surface area contributed by atoms with Crippen LogP contribution in [0.5, 0.6) is 0 Å². The highest BCUT2D eigenvalue weighted by molar-refractivity contribution is 6.62. The Morgan fingerprint density at radius 3 is 1.71 bits per heavy atom. The highest BCUT2D eigenvalue weighted by atomic mass is 16.7. The van der Waals surface area contributed by atoms with E-state index in [1.807, 2.05) is 0 Å². The summed E-state index contributed by atoms with van der Waals surface area (Å²) in [6.45, 7) is 8.35. The van der Waals surface area contributed by atoms with Crippen LogP contribution in [0.4, 0.5) is 0 Å². The van der Waals surface area contributed by atoms with E-state index >= 15 is 0 Å². The Hall–Kier alpha value is -4.18. The molecule has 0 spiro atoms. The molecule has 6 aromatic rings. The van der Waals surface area contributed by atoms with Gasteiger partial charge < -0.3 is 9.31 Å². The third-order valence-corrected chi connectivity index (χ3v) is 8.93. The number of fused-ring (bicyclic) bond motifs is 2. The van der Waals surface area contributed by atoms with E-state index in [-0.39, 0.29) is 18.3 Å². The lowest BCUT2D eigenvalue weighted by molar-refractivity contribution is 0.00578. The summed E-state index contributed by atoms with van der Waals surface area (Å²) in [6, 6.07) is 46.0. The zero-order valence-corrected chi connectivity index (χ0v) is 24.0. The molecule has 1 aliphatic heterocycles. The Morgan fingerprint density at radius 1 is 0.439 bits per heavy atom. The molecule has 1 fully saturated rings. The molecular formula is C38H33BO2. The molecule has 200 valence electrons. The molecule has 1 heterocycles. The van der Waals surface area contributed by atoms with E-state index in [0.29, 0.717) is 0 Å². The average Bonchev–Trinajstić information content (AvgIpc) is 3.22. The summed E-state index contributed by atoms with van der Waals surface area (Å²) in [5, 5.41) is 4.99. The van der Waals surface area contributed by atoms with Crippen molar-refractivity contribution in [2.75, 3.05) is 0 Å². The van der Waals surface area contributed by atoms with Gasteiger partial charge in [0.25, 0.3) is 0 Å². The van der Waals surface area contributed by atoms with Crippen molar-refractivity contribution >= 4 is 34.1 Å². The summed E-state index contributed by atoms with van der Waals surface area (Å²) in [6.07, 6.45) is 0. The van der Waals surface area contributed by atoms with Crippen LogP contribution in [0.15, 0.2) is 127 Å². The van der Waals surface area contributed by atoms with Crippen LogP contribution in [0, 0.1) is 0 Å². The van der Waals surface area contributed by atoms with Crippen molar-refractivity contribution in [1.29, 1.82) is 0 Å². The summed E-state index contributed by atoms with van der Waals surface area (Å²) in [4.78, 5) is 0. The molecule has 7 rings (SSSR count). The minimum Gasteiger partial charge on any atom is -0.399 e. The fourth-order valence-electron chi connectivity index (χ4n) is 5.83. The van der Waals surface area contributed by atoms with Crippen LogP contribution >= 0.6 is 0 Å². The molecule has 0 amide bonds. The van der Waals surface area contributed by atoms with Gasteiger partial charge in [-0.25, -0.2) is 0 Å². The summed E-state index contributed by atoms with van der Waals surface area (Å²) in [5.41, 5.74) is 7.71. The van der Waals surface area contributed by atoms with Crippen LogP contribution < -0.4 is 5.46 Å². The van der Waals surface area contributed by atoms with E-state index in [0.717, 1.165) is 5.46 Å². The van der Waals surface area contributed by atoms with Crippen LogP contribution in [0.3, 0.4) is 0 Å². The van der Waals surface area contributed by atoms with Gasteiger partial charge in [-0.2, -0.15) is 0 Å². The molecule has 1 aliphatic rings. The maximum absolute atomic E-state index is 6.24. The fraction of sp³-hybridized carbons (Fsp3) is 0.158. The Morgan fingerprint density at radius 2 is 0.976 bits per heavy atom. The number of hydrogen-bond donors (Lipinski definition) is 0. The SMILES string of the molecule is CC1(C)OB(c2ccc(-c3ccc4cc(-c5ccccc5-c5cccc6ccccc56)ccc4c3)cc2)OC1(C)C. The maximum Gasteiger partial charge on any atom is 0.494 e. The quantitative estimate of drug-likeness (QED) is 0.211. The van der Waals surface area contributed by atoms with E-state index in [1.54, 1.807) is 0 Å². The lowest BCUT2D eigenvalue weighted by Crippen LogP contribution is -2.41. The van der Waals surface area contributed by atoms with Crippen molar-refractivity contribution < 1.29 is 9.31 Å². The number of benzene rings is 6. The Labute approximate surface area is 242 Å². The van der Waals surface area contributed by atoms with Crippen LogP contribution in [-0.4, -0.2) is 18.3 Å². The molecule has 0 aliphatic carbocycles. The molecule has 41 heavy (non-hydrogen) atoms. The van der Waals surface area contributed by atoms with Crippen molar-refractivity contribution in [1.82, 2.24) is 0 Å². The third kappa shape index (κ3) is 4.56. The van der Waals surface area contributed by atoms with Gasteiger partial charge in [-0.05, 0) is 100 Å². The highest BCUT2D eigenvalue weighted by Crippen LogP contribution is 2.38. The Bertz CT molecular complexity index is 1880. The largest absolute Gasteiger partial charge is 0.494 e. The second-order valence-electron chi connectivity index (χ2n) is 12.1. The van der Waals surface area contributed by atoms with E-state index in [2.05, 4.69) is 155 Å². The smallest absolute Gasteiger partial charge is 0.399 e. The van der Waals surface area contributed by atoms with Crippen molar-refractivity contribution in [2.24, 2.45) is 0 Å². The van der Waals surface area contributed by atoms with Crippen LogP contribution in [0.2, 0.25) is 0 Å². The monoisotopic (exact) mass is 532 g/mol. The van der Waals surface area contributed by atoms with Crippen molar-refractivity contribution in [3.8, 4) is 33.4 Å². The van der Waals surface area contributed by atoms with E-state index in [4.69, 9.17) is 9.31 Å². The van der Waals surface area contributed by atoms with Gasteiger partial charge in [-0.3, -0.25) is 0 Å². The Kier molecular flexibility index (Phi) is 6.12. The fourth-order valence-corrected chi connectivity index (χ4v) is 5.83. The summed E-state index contributed by atoms with van der Waals surface area (Å²) in [7, 11) is -0.346. The number of rotatable bonds is 4. The normalized spacial score (nSPS) is 16.0. The second kappa shape index (κ2) is 9.73. The molecule has 0 saturated carbocycles. The highest BCUT2D eigenvalue weighted by Gasteiger charge is 2.51. The Balaban J connectivity index is 1.20. The molecule has 0 unspecified atom stereocenters. The first-order chi connectivity index (χ1) is 19.8. The summed E-state index contributed by atoms with van der Waals surface area (Å²) >= 11 is 0. The molecule has 6 aromatic carbocycles. The van der Waals surface area contributed by atoms with E-state index in [9.17, 15) is 0 Å². The lowest BCUT2D eigenvalue weighted by atomic mass is 9.78. The van der Waals surface area contributed by atoms with Gasteiger partial charge in [-0.1, -0.05) is 115 Å². The van der Waals surface area contributed by atoms with Gasteiger partial charge in [0.15, 0.2) is 0 Å². The topological polar surface area (TPSA) is 18.5 Å². The lowest BCUT2D eigenvalue weighted by Gasteiger charge is -2.32. The average molecular weight is 532 g/mol.